The summed E-state index contributed by atoms with van der Waals surface area (Å²) in [6.45, 7) is 0. The highest BCUT2D eigenvalue weighted by atomic mass is 127. The molecule has 0 unspecified atom stereocenters. The minimum absolute atomic E-state index is 0.446. The first kappa shape index (κ1) is 25.4. The number of furan rings is 1. The summed E-state index contributed by atoms with van der Waals surface area (Å²) in [4.78, 5) is 9.90. The first-order chi connectivity index (χ1) is 21.8. The van der Waals surface area contributed by atoms with Crippen molar-refractivity contribution in [2.45, 2.75) is 0 Å². The van der Waals surface area contributed by atoms with E-state index < -0.39 is 20.7 Å². The Kier molecular flexibility index (Phi) is 5.91. The minimum Gasteiger partial charge on any atom is -0.456 e. The summed E-state index contributed by atoms with van der Waals surface area (Å²) in [5, 5.41) is 2.28. The molecule has 6 aromatic carbocycles. The number of para-hydroxylation sites is 4. The van der Waals surface area contributed by atoms with Gasteiger partial charge in [0.15, 0.2) is 5.58 Å². The fourth-order valence-corrected chi connectivity index (χ4v) is 8.71. The lowest BCUT2D eigenvalue weighted by atomic mass is 9.97. The van der Waals surface area contributed by atoms with E-state index in [0.29, 0.717) is 5.89 Å². The van der Waals surface area contributed by atoms with E-state index in [0.717, 1.165) is 66.7 Å². The predicted octanol–water partition coefficient (Wildman–Crippen LogP) is 10.6. The maximum Gasteiger partial charge on any atom is 0.227 e. The third-order valence-corrected chi connectivity index (χ3v) is 11.2. The molecule has 5 heteroatoms. The van der Waals surface area contributed by atoms with Crippen LogP contribution in [-0.4, -0.2) is 14.2 Å². The number of oxazole rings is 1. The molecule has 8 aromatic rings. The van der Waals surface area contributed by atoms with Gasteiger partial charge in [0, 0.05) is 29.0 Å². The molecular weight excluding hydrogens is 655 g/mol. The maximum atomic E-state index is 6.05. The summed E-state index contributed by atoms with van der Waals surface area (Å²) >= 11 is -0.446. The van der Waals surface area contributed by atoms with Crippen LogP contribution in [0, 0.1) is 3.57 Å². The van der Waals surface area contributed by atoms with E-state index >= 15 is 0 Å². The molecule has 9 rings (SSSR count). The molecule has 0 saturated carbocycles. The highest BCUT2D eigenvalue weighted by molar-refractivity contribution is 14.2. The molecule has 4 nitrogen and oxygen atoms in total. The van der Waals surface area contributed by atoms with E-state index in [1.54, 1.807) is 0 Å². The molecule has 3 heterocycles. The van der Waals surface area contributed by atoms with Crippen molar-refractivity contribution in [3.63, 3.8) is 0 Å². The van der Waals surface area contributed by atoms with E-state index in [9.17, 15) is 0 Å². The van der Waals surface area contributed by atoms with Crippen molar-refractivity contribution in [2.24, 2.45) is 4.99 Å². The molecule has 0 aliphatic carbocycles. The first-order valence-electron chi connectivity index (χ1n) is 14.5. The average molecular weight is 679 g/mol. The highest BCUT2D eigenvalue weighted by Crippen LogP contribution is 2.36. The van der Waals surface area contributed by atoms with Crippen LogP contribution in [0.4, 0.5) is 5.69 Å². The van der Waals surface area contributed by atoms with Gasteiger partial charge in [-0.25, -0.2) is 9.98 Å². The summed E-state index contributed by atoms with van der Waals surface area (Å²) in [7, 11) is 0. The lowest BCUT2D eigenvalue weighted by Gasteiger charge is -2.18. The Morgan fingerprint density at radius 2 is 1.14 bits per heavy atom. The standard InChI is InChI=1S/C39H23IN2O2/c1-5-11-34-29(7-1)30-23-28(21-22-35(30)43-34)24-13-17-26(18-14-24)38-37(40-31-8-2-3-9-32(31)41-38)25-15-19-27(20-16-25)39-42-33-10-4-6-12-36(33)44-39/h1-23H. The van der Waals surface area contributed by atoms with E-state index in [4.69, 9.17) is 13.8 Å². The molecule has 0 spiro atoms. The maximum absolute atomic E-state index is 6.05. The largest absolute Gasteiger partial charge is 0.456 e. The summed E-state index contributed by atoms with van der Waals surface area (Å²) < 4.78 is 14.7. The molecule has 0 atom stereocenters. The van der Waals surface area contributed by atoms with Crippen LogP contribution >= 0.6 is 20.7 Å². The molecule has 0 N–H and O–H groups in total. The Hall–Kier alpha value is -5.14. The number of aliphatic imine (C=N–C) groups is 1. The second kappa shape index (κ2) is 10.2. The molecule has 0 saturated heterocycles. The number of aromatic nitrogens is 1. The molecule has 1 aliphatic heterocycles. The highest BCUT2D eigenvalue weighted by Gasteiger charge is 2.20. The number of benzene rings is 6. The van der Waals surface area contributed by atoms with Crippen molar-refractivity contribution in [1.82, 2.24) is 4.98 Å². The van der Waals surface area contributed by atoms with Crippen molar-refractivity contribution in [3.8, 4) is 22.6 Å². The number of nitrogens with zero attached hydrogens (tertiary/aromatic N) is 2. The monoisotopic (exact) mass is 678 g/mol. The van der Waals surface area contributed by atoms with Gasteiger partial charge in [0.2, 0.25) is 5.89 Å². The van der Waals surface area contributed by atoms with Crippen LogP contribution in [0.25, 0.3) is 55.6 Å². The number of halogens is 1. The van der Waals surface area contributed by atoms with Crippen molar-refractivity contribution in [3.05, 3.63) is 154 Å². The van der Waals surface area contributed by atoms with E-state index in [-0.39, 0.29) is 0 Å². The lowest BCUT2D eigenvalue weighted by Crippen LogP contribution is -2.17. The van der Waals surface area contributed by atoms with Crippen LogP contribution < -0.4 is 0 Å². The van der Waals surface area contributed by atoms with E-state index in [1.807, 2.05) is 36.4 Å². The molecule has 44 heavy (non-hydrogen) atoms. The molecule has 0 fully saturated rings. The van der Waals surface area contributed by atoms with Gasteiger partial charge in [-0.1, -0.05) is 106 Å². The van der Waals surface area contributed by atoms with Gasteiger partial charge in [-0.3, -0.25) is 0 Å². The summed E-state index contributed by atoms with van der Waals surface area (Å²) in [6.07, 6.45) is 0. The zero-order valence-corrected chi connectivity index (χ0v) is 25.5. The van der Waals surface area contributed by atoms with E-state index in [2.05, 4.69) is 108 Å². The number of hydrogen-bond donors (Lipinski definition) is 0. The molecule has 2 aromatic heterocycles. The van der Waals surface area contributed by atoms with Crippen LogP contribution in [0.1, 0.15) is 11.1 Å². The van der Waals surface area contributed by atoms with Crippen LogP contribution in [0.5, 0.6) is 0 Å². The van der Waals surface area contributed by atoms with Gasteiger partial charge < -0.3 is 8.83 Å². The normalized spacial score (nSPS) is 13.0. The van der Waals surface area contributed by atoms with Crippen molar-refractivity contribution in [1.29, 1.82) is 0 Å². The minimum atomic E-state index is -0.446. The fraction of sp³-hybridized carbons (Fsp3) is 0. The molecule has 0 bridgehead atoms. The Labute approximate surface area is 263 Å². The Bertz CT molecular complexity index is 2400. The zero-order valence-electron chi connectivity index (χ0n) is 23.4. The van der Waals surface area contributed by atoms with Crippen LogP contribution in [0.15, 0.2) is 153 Å². The summed E-state index contributed by atoms with van der Waals surface area (Å²) in [6, 6.07) is 48.4. The Morgan fingerprint density at radius 1 is 0.477 bits per heavy atom. The summed E-state index contributed by atoms with van der Waals surface area (Å²) in [5.74, 6) is 0.637. The topological polar surface area (TPSA) is 51.5 Å². The van der Waals surface area contributed by atoms with Crippen LogP contribution in [-0.2, 0) is 0 Å². The lowest BCUT2D eigenvalue weighted by molar-refractivity contribution is 0.620. The van der Waals surface area contributed by atoms with Gasteiger partial charge in [-0.15, -0.1) is 0 Å². The van der Waals surface area contributed by atoms with Gasteiger partial charge in [0.1, 0.15) is 16.7 Å². The second-order valence-corrected chi connectivity index (χ2v) is 13.6. The zero-order chi connectivity index (χ0) is 29.0. The molecule has 0 radical (unpaired) electrons. The second-order valence-electron chi connectivity index (χ2n) is 10.8. The van der Waals surface area contributed by atoms with Crippen LogP contribution in [0.3, 0.4) is 0 Å². The van der Waals surface area contributed by atoms with Crippen LogP contribution in [0.2, 0.25) is 0 Å². The third kappa shape index (κ3) is 4.31. The quantitative estimate of drug-likeness (QED) is 0.174. The number of hydrogen-bond acceptors (Lipinski definition) is 4. The van der Waals surface area contributed by atoms with Crippen molar-refractivity contribution in [2.75, 3.05) is 0 Å². The molecule has 1 aliphatic rings. The predicted molar refractivity (Wildman–Crippen MR) is 188 cm³/mol. The number of fused-ring (bicyclic) bond motifs is 5. The van der Waals surface area contributed by atoms with Crippen molar-refractivity contribution < 1.29 is 8.83 Å². The Morgan fingerprint density at radius 3 is 2.00 bits per heavy atom. The molecule has 0 amide bonds. The van der Waals surface area contributed by atoms with Gasteiger partial charge >= 0.3 is 0 Å². The van der Waals surface area contributed by atoms with Gasteiger partial charge in [0.05, 0.1) is 11.4 Å². The molecule has 208 valence electrons. The SMILES string of the molecule is c1ccc2c(c1)N=C(c1ccc(-c3ccc4oc5ccccc5c4c3)cc1)C(c1ccc(-c3nc4ccccc4o3)cc1)=I2. The van der Waals surface area contributed by atoms with Gasteiger partial charge in [-0.05, 0) is 71.3 Å². The average Bonchev–Trinajstić information content (AvgIpc) is 3.69. The van der Waals surface area contributed by atoms with E-state index in [1.165, 1.54) is 12.6 Å². The van der Waals surface area contributed by atoms with Crippen molar-refractivity contribution >= 4 is 68.7 Å². The Balaban J connectivity index is 1.08. The summed E-state index contributed by atoms with van der Waals surface area (Å²) in [5.41, 5.74) is 11.2. The number of rotatable bonds is 4. The fourth-order valence-electron chi connectivity index (χ4n) is 5.80. The first-order valence-corrected chi connectivity index (χ1v) is 16.6. The van der Waals surface area contributed by atoms with Gasteiger partial charge in [0.25, 0.3) is 0 Å². The smallest absolute Gasteiger partial charge is 0.227 e. The van der Waals surface area contributed by atoms with Gasteiger partial charge in [-0.2, -0.15) is 0 Å². The third-order valence-electron chi connectivity index (χ3n) is 8.04. The molecular formula is C39H23IN2O2.